The van der Waals surface area contributed by atoms with Crippen molar-refractivity contribution in [1.29, 1.82) is 0 Å². The van der Waals surface area contributed by atoms with Gasteiger partial charge in [-0.15, -0.1) is 0 Å². The third-order valence-electron chi connectivity index (χ3n) is 6.96. The second-order valence-corrected chi connectivity index (χ2v) is 9.09. The lowest BCUT2D eigenvalue weighted by Gasteiger charge is -2.46. The number of methoxy groups -OCH3 is 1. The second kappa shape index (κ2) is 9.90. The first-order valence-corrected chi connectivity index (χ1v) is 11.6. The topological polar surface area (TPSA) is 77.8 Å². The molecule has 2 aromatic rings. The maximum absolute atomic E-state index is 14.0. The smallest absolute Gasteiger partial charge is 0.410 e. The highest BCUT2D eigenvalue weighted by Crippen LogP contribution is 2.41. The first-order valence-electron chi connectivity index (χ1n) is 11.6. The molecule has 184 valence electrons. The Morgan fingerprint density at radius 1 is 1.20 bits per heavy atom. The molecule has 4 rings (SSSR count). The quantitative estimate of drug-likeness (QED) is 0.561. The van der Waals surface area contributed by atoms with Crippen LogP contribution in [0, 0.1) is 5.92 Å². The number of esters is 1. The van der Waals surface area contributed by atoms with Gasteiger partial charge < -0.3 is 18.9 Å². The first-order chi connectivity index (χ1) is 16.7. The minimum Gasteiger partial charge on any atom is -0.469 e. The zero-order chi connectivity index (χ0) is 25.2. The van der Waals surface area contributed by atoms with E-state index in [2.05, 4.69) is 0 Å². The van der Waals surface area contributed by atoms with Gasteiger partial charge in [-0.05, 0) is 48.3 Å². The van der Waals surface area contributed by atoms with Crippen LogP contribution in [0.3, 0.4) is 0 Å². The van der Waals surface area contributed by atoms with Crippen molar-refractivity contribution in [3.63, 3.8) is 0 Å². The summed E-state index contributed by atoms with van der Waals surface area (Å²) in [5.74, 6) is -1.36. The van der Waals surface area contributed by atoms with Crippen LogP contribution < -0.4 is 5.56 Å². The number of aryl methyl sites for hydroxylation is 1. The summed E-state index contributed by atoms with van der Waals surface area (Å²) in [6.07, 6.45) is 6.44. The van der Waals surface area contributed by atoms with Gasteiger partial charge in [0.25, 0.3) is 0 Å². The molecule has 3 atom stereocenters. The number of hydrogen-bond acceptors (Lipinski definition) is 5. The number of carbonyl (C=O) groups excluding carboxylic acids is 2. The van der Waals surface area contributed by atoms with Gasteiger partial charge >= 0.3 is 12.1 Å². The van der Waals surface area contributed by atoms with Gasteiger partial charge in [-0.3, -0.25) is 9.59 Å². The predicted molar refractivity (Wildman–Crippen MR) is 129 cm³/mol. The largest absolute Gasteiger partial charge is 0.469 e. The number of aromatic nitrogens is 1. The van der Waals surface area contributed by atoms with Crippen LogP contribution >= 0.6 is 0 Å². The van der Waals surface area contributed by atoms with Gasteiger partial charge in [-0.1, -0.05) is 30.3 Å². The number of halogens is 1. The lowest BCUT2D eigenvalue weighted by molar-refractivity contribution is -0.152. The summed E-state index contributed by atoms with van der Waals surface area (Å²) >= 11 is 0. The van der Waals surface area contributed by atoms with E-state index in [9.17, 15) is 18.8 Å². The van der Waals surface area contributed by atoms with Gasteiger partial charge in [0.05, 0.1) is 19.6 Å². The minimum absolute atomic E-state index is 0.0756. The molecule has 0 bridgehead atoms. The Balaban J connectivity index is 1.52. The number of benzene rings is 1. The Labute approximate surface area is 203 Å². The number of allylic oxidation sites excluding steroid dienone is 3. The molecule has 0 radical (unpaired) electrons. The van der Waals surface area contributed by atoms with E-state index >= 15 is 0 Å². The average Bonchev–Trinajstić information content (AvgIpc) is 2.85. The maximum Gasteiger partial charge on any atom is 0.410 e. The van der Waals surface area contributed by atoms with Crippen molar-refractivity contribution in [2.24, 2.45) is 13.0 Å². The predicted octanol–water partition coefficient (Wildman–Crippen LogP) is 4.69. The Morgan fingerprint density at radius 3 is 2.54 bits per heavy atom. The molecule has 1 aromatic heterocycles. The van der Waals surface area contributed by atoms with E-state index in [1.54, 1.807) is 30.3 Å². The zero-order valence-corrected chi connectivity index (χ0v) is 20.1. The van der Waals surface area contributed by atoms with Crippen LogP contribution in [0.2, 0.25) is 0 Å². The molecule has 1 aliphatic carbocycles. The van der Waals surface area contributed by atoms with Crippen LogP contribution in [0.15, 0.2) is 71.4 Å². The molecule has 35 heavy (non-hydrogen) atoms. The Morgan fingerprint density at radius 2 is 1.91 bits per heavy atom. The van der Waals surface area contributed by atoms with Gasteiger partial charge in [0.1, 0.15) is 11.4 Å². The lowest BCUT2D eigenvalue weighted by Crippen LogP contribution is -2.54. The fourth-order valence-electron chi connectivity index (χ4n) is 4.78. The second-order valence-electron chi connectivity index (χ2n) is 9.09. The number of rotatable bonds is 6. The molecule has 1 aromatic carbocycles. The summed E-state index contributed by atoms with van der Waals surface area (Å²) in [5.41, 5.74) is 1.55. The van der Waals surface area contributed by atoms with Crippen molar-refractivity contribution in [3.8, 4) is 11.1 Å². The minimum atomic E-state index is -1.16. The van der Waals surface area contributed by atoms with E-state index in [0.717, 1.165) is 16.7 Å². The molecule has 1 aliphatic heterocycles. The molecule has 7 nitrogen and oxygen atoms in total. The summed E-state index contributed by atoms with van der Waals surface area (Å²) in [4.78, 5) is 38.6. The molecule has 2 heterocycles. The molecular weight excluding hydrogens is 451 g/mol. The van der Waals surface area contributed by atoms with Gasteiger partial charge in [-0.2, -0.15) is 0 Å². The molecular formula is C27H29FN2O5. The summed E-state index contributed by atoms with van der Waals surface area (Å²) in [7, 11) is 2.99. The van der Waals surface area contributed by atoms with E-state index in [1.165, 1.54) is 29.9 Å². The Hall–Kier alpha value is -3.68. The highest BCUT2D eigenvalue weighted by Gasteiger charge is 2.48. The number of amides is 1. The SMILES string of the molecule is COC(=O)C[C@]1(C2C=C(F)C=CC2)CCN([C@@H](C)c2ccc(-c3ccc(=O)n(C)c3)cc2)C(=O)O1. The normalized spacial score (nSPS) is 22.9. The van der Waals surface area contributed by atoms with Gasteiger partial charge in [0.15, 0.2) is 0 Å². The molecule has 8 heteroatoms. The molecule has 1 unspecified atom stereocenters. The van der Waals surface area contributed by atoms with E-state index in [1.807, 2.05) is 31.2 Å². The Bertz CT molecular complexity index is 1230. The van der Waals surface area contributed by atoms with Crippen LogP contribution in [0.1, 0.15) is 37.8 Å². The number of cyclic esters (lactones) is 1. The molecule has 2 aliphatic rings. The van der Waals surface area contributed by atoms with Crippen LogP contribution in [0.4, 0.5) is 9.18 Å². The standard InChI is InChI=1S/C27H29FN2O5/c1-18(19-7-9-20(10-8-19)21-11-12-24(31)29(2)17-21)30-14-13-27(35-26(30)33,16-25(32)34-3)22-5-4-6-23(28)15-22/h4,6-12,15,17-18,22H,5,13-14,16H2,1-3H3/t18-,22?,27-/m0/s1. The molecule has 0 spiro atoms. The van der Waals surface area contributed by atoms with Crippen molar-refractivity contribution in [2.75, 3.05) is 13.7 Å². The maximum atomic E-state index is 14.0. The fourth-order valence-corrected chi connectivity index (χ4v) is 4.78. The van der Waals surface area contributed by atoms with Crippen LogP contribution in [0.25, 0.3) is 11.1 Å². The van der Waals surface area contributed by atoms with Gasteiger partial charge in [-0.25, -0.2) is 9.18 Å². The number of nitrogens with zero attached hydrogens (tertiary/aromatic N) is 2. The van der Waals surface area contributed by atoms with Crippen molar-refractivity contribution in [3.05, 3.63) is 82.6 Å². The molecule has 0 N–H and O–H groups in total. The lowest BCUT2D eigenvalue weighted by atomic mass is 9.77. The first kappa shape index (κ1) is 24.4. The average molecular weight is 481 g/mol. The summed E-state index contributed by atoms with van der Waals surface area (Å²) in [5, 5.41) is 0. The number of carbonyl (C=O) groups is 2. The zero-order valence-electron chi connectivity index (χ0n) is 20.1. The van der Waals surface area contributed by atoms with Crippen molar-refractivity contribution < 1.29 is 23.5 Å². The molecule has 0 saturated carbocycles. The van der Waals surface area contributed by atoms with Crippen LogP contribution in [0.5, 0.6) is 0 Å². The molecule has 1 saturated heterocycles. The van der Waals surface area contributed by atoms with Gasteiger partial charge in [0, 0.05) is 38.2 Å². The summed E-state index contributed by atoms with van der Waals surface area (Å²) in [6.45, 7) is 2.27. The third-order valence-corrected chi connectivity index (χ3v) is 6.96. The molecule has 1 amide bonds. The fraction of sp³-hybridized carbons (Fsp3) is 0.370. The summed E-state index contributed by atoms with van der Waals surface area (Å²) in [6, 6.07) is 10.8. The van der Waals surface area contributed by atoms with Crippen molar-refractivity contribution >= 4 is 12.1 Å². The highest BCUT2D eigenvalue weighted by molar-refractivity contribution is 5.74. The number of hydrogen-bond donors (Lipinski definition) is 0. The van der Waals surface area contributed by atoms with E-state index in [0.29, 0.717) is 19.4 Å². The van der Waals surface area contributed by atoms with E-state index in [-0.39, 0.29) is 18.0 Å². The highest BCUT2D eigenvalue weighted by atomic mass is 19.1. The van der Waals surface area contributed by atoms with E-state index < -0.39 is 29.4 Å². The van der Waals surface area contributed by atoms with Gasteiger partial charge in [0.2, 0.25) is 5.56 Å². The Kier molecular flexibility index (Phi) is 6.91. The number of pyridine rings is 1. The number of ether oxygens (including phenoxy) is 2. The third kappa shape index (κ3) is 5.06. The van der Waals surface area contributed by atoms with Crippen molar-refractivity contribution in [2.45, 2.75) is 37.8 Å². The van der Waals surface area contributed by atoms with E-state index in [4.69, 9.17) is 9.47 Å². The summed E-state index contributed by atoms with van der Waals surface area (Å²) < 4.78 is 26.3. The monoisotopic (exact) mass is 480 g/mol. The molecule has 1 fully saturated rings. The van der Waals surface area contributed by atoms with Crippen molar-refractivity contribution in [1.82, 2.24) is 9.47 Å². The van der Waals surface area contributed by atoms with Crippen LogP contribution in [-0.4, -0.2) is 40.8 Å². The van der Waals surface area contributed by atoms with Crippen LogP contribution in [-0.2, 0) is 21.3 Å².